The Balaban J connectivity index is 0.00000264. The molecule has 0 spiro atoms. The quantitative estimate of drug-likeness (QED) is 0.262. The lowest BCUT2D eigenvalue weighted by Gasteiger charge is -2.32. The molecule has 2 rings (SSSR count). The van der Waals surface area contributed by atoms with E-state index in [2.05, 4.69) is 22.5 Å². The molecule has 136 valence electrons. The summed E-state index contributed by atoms with van der Waals surface area (Å²) in [6.07, 6.45) is 4.84. The van der Waals surface area contributed by atoms with E-state index >= 15 is 0 Å². The van der Waals surface area contributed by atoms with Crippen LogP contribution in [-0.4, -0.2) is 56.1 Å². The monoisotopic (exact) mass is 444 g/mol. The van der Waals surface area contributed by atoms with Crippen LogP contribution in [0.1, 0.15) is 45.4 Å². The Hall–Kier alpha value is -0.180. The number of aliphatic imine (C=N–C) groups is 1. The van der Waals surface area contributed by atoms with Crippen LogP contribution in [0.4, 0.5) is 8.78 Å². The van der Waals surface area contributed by atoms with Gasteiger partial charge in [0.1, 0.15) is 0 Å². The van der Waals surface area contributed by atoms with Crippen molar-refractivity contribution >= 4 is 29.9 Å². The second-order valence-electron chi connectivity index (χ2n) is 6.46. The SMILES string of the molecule is CCNC(=NCCCC1CC1)NC1CCN(CC(F)F)CC1.I. The van der Waals surface area contributed by atoms with Crippen LogP contribution in [0.25, 0.3) is 0 Å². The van der Waals surface area contributed by atoms with Crippen LogP contribution in [0.15, 0.2) is 4.99 Å². The van der Waals surface area contributed by atoms with Crippen LogP contribution in [0.2, 0.25) is 0 Å². The zero-order valence-electron chi connectivity index (χ0n) is 14.1. The normalized spacial score (nSPS) is 20.4. The van der Waals surface area contributed by atoms with Gasteiger partial charge >= 0.3 is 0 Å². The van der Waals surface area contributed by atoms with E-state index in [1.807, 2.05) is 4.90 Å². The number of nitrogens with one attached hydrogen (secondary N) is 2. The van der Waals surface area contributed by atoms with Gasteiger partial charge in [-0.3, -0.25) is 9.89 Å². The Morgan fingerprint density at radius 3 is 2.48 bits per heavy atom. The van der Waals surface area contributed by atoms with Crippen molar-refractivity contribution in [3.05, 3.63) is 0 Å². The van der Waals surface area contributed by atoms with E-state index in [4.69, 9.17) is 0 Å². The van der Waals surface area contributed by atoms with Crippen LogP contribution < -0.4 is 10.6 Å². The topological polar surface area (TPSA) is 39.7 Å². The number of rotatable bonds is 8. The van der Waals surface area contributed by atoms with Crippen molar-refractivity contribution in [3.8, 4) is 0 Å². The third-order valence-electron chi connectivity index (χ3n) is 4.41. The predicted octanol–water partition coefficient (Wildman–Crippen LogP) is 3.08. The minimum absolute atomic E-state index is 0. The highest BCUT2D eigenvalue weighted by molar-refractivity contribution is 14.0. The lowest BCUT2D eigenvalue weighted by atomic mass is 10.1. The van der Waals surface area contributed by atoms with Gasteiger partial charge in [0.15, 0.2) is 5.96 Å². The van der Waals surface area contributed by atoms with Crippen molar-refractivity contribution < 1.29 is 8.78 Å². The molecule has 23 heavy (non-hydrogen) atoms. The van der Waals surface area contributed by atoms with Crippen molar-refractivity contribution in [2.45, 2.75) is 57.9 Å². The molecular weight excluding hydrogens is 413 g/mol. The minimum atomic E-state index is -2.23. The number of piperidine rings is 1. The Morgan fingerprint density at radius 1 is 1.22 bits per heavy atom. The smallest absolute Gasteiger partial charge is 0.251 e. The number of nitrogens with zero attached hydrogens (tertiary/aromatic N) is 2. The van der Waals surface area contributed by atoms with Crippen LogP contribution in [0, 0.1) is 5.92 Å². The lowest BCUT2D eigenvalue weighted by molar-refractivity contribution is 0.0744. The number of likely N-dealkylation sites (tertiary alicyclic amines) is 1. The molecule has 2 fully saturated rings. The maximum atomic E-state index is 12.4. The molecule has 0 aromatic heterocycles. The molecule has 1 aliphatic carbocycles. The first-order chi connectivity index (χ1) is 10.7. The van der Waals surface area contributed by atoms with E-state index < -0.39 is 6.43 Å². The molecule has 4 nitrogen and oxygen atoms in total. The Labute approximate surface area is 155 Å². The summed E-state index contributed by atoms with van der Waals surface area (Å²) >= 11 is 0. The van der Waals surface area contributed by atoms with Crippen LogP contribution >= 0.6 is 24.0 Å². The maximum Gasteiger partial charge on any atom is 0.251 e. The van der Waals surface area contributed by atoms with Crippen molar-refractivity contribution in [2.24, 2.45) is 10.9 Å². The molecule has 1 aliphatic heterocycles. The summed E-state index contributed by atoms with van der Waals surface area (Å²) in [6, 6.07) is 0.343. The number of guanidine groups is 1. The Morgan fingerprint density at radius 2 is 1.91 bits per heavy atom. The molecule has 1 heterocycles. The molecule has 0 unspecified atom stereocenters. The third-order valence-corrected chi connectivity index (χ3v) is 4.41. The van der Waals surface area contributed by atoms with Gasteiger partial charge in [-0.1, -0.05) is 12.8 Å². The highest BCUT2D eigenvalue weighted by Gasteiger charge is 2.22. The molecular formula is C16H31F2IN4. The molecule has 2 aliphatic rings. The summed E-state index contributed by atoms with van der Waals surface area (Å²) in [6.45, 7) is 5.16. The predicted molar refractivity (Wildman–Crippen MR) is 102 cm³/mol. The van der Waals surface area contributed by atoms with Crippen molar-refractivity contribution in [2.75, 3.05) is 32.7 Å². The van der Waals surface area contributed by atoms with Gasteiger partial charge in [-0.25, -0.2) is 8.78 Å². The number of halogens is 3. The second-order valence-corrected chi connectivity index (χ2v) is 6.46. The summed E-state index contributed by atoms with van der Waals surface area (Å²) < 4.78 is 24.7. The fraction of sp³-hybridized carbons (Fsp3) is 0.938. The summed E-state index contributed by atoms with van der Waals surface area (Å²) in [7, 11) is 0. The van der Waals surface area contributed by atoms with Gasteiger partial charge in [0.25, 0.3) is 6.43 Å². The zero-order valence-corrected chi connectivity index (χ0v) is 16.4. The molecule has 2 N–H and O–H groups in total. The van der Waals surface area contributed by atoms with E-state index in [0.29, 0.717) is 6.04 Å². The summed E-state index contributed by atoms with van der Waals surface area (Å²) in [5.74, 6) is 1.84. The number of hydrogen-bond acceptors (Lipinski definition) is 2. The van der Waals surface area contributed by atoms with Gasteiger partial charge in [0.05, 0.1) is 6.54 Å². The van der Waals surface area contributed by atoms with Gasteiger partial charge < -0.3 is 10.6 Å². The highest BCUT2D eigenvalue weighted by atomic mass is 127. The first kappa shape index (κ1) is 20.9. The van der Waals surface area contributed by atoms with Crippen molar-refractivity contribution in [1.29, 1.82) is 0 Å². The first-order valence-electron chi connectivity index (χ1n) is 8.72. The van der Waals surface area contributed by atoms with Gasteiger partial charge in [0.2, 0.25) is 0 Å². The fourth-order valence-electron chi connectivity index (χ4n) is 2.95. The molecule has 0 bridgehead atoms. The number of hydrogen-bond donors (Lipinski definition) is 2. The average Bonchev–Trinajstić information content (AvgIpc) is 3.29. The van der Waals surface area contributed by atoms with Gasteiger partial charge in [-0.15, -0.1) is 24.0 Å². The van der Waals surface area contributed by atoms with E-state index in [0.717, 1.165) is 57.3 Å². The highest BCUT2D eigenvalue weighted by Crippen LogP contribution is 2.33. The second kappa shape index (κ2) is 11.4. The molecule has 0 aromatic rings. The van der Waals surface area contributed by atoms with Gasteiger partial charge in [0, 0.05) is 32.2 Å². The number of alkyl halides is 2. The molecule has 7 heteroatoms. The fourth-order valence-corrected chi connectivity index (χ4v) is 2.95. The van der Waals surface area contributed by atoms with Gasteiger partial charge in [-0.05, 0) is 38.5 Å². The zero-order chi connectivity index (χ0) is 15.8. The molecule has 0 radical (unpaired) electrons. The largest absolute Gasteiger partial charge is 0.357 e. The molecule has 0 amide bonds. The Kier molecular flexibility index (Phi) is 10.3. The summed E-state index contributed by atoms with van der Waals surface area (Å²) in [5, 5.41) is 6.74. The standard InChI is InChI=1S/C16H30F2N4.HI/c1-2-19-16(20-9-3-4-13-5-6-13)21-14-7-10-22(11-8-14)12-15(17)18;/h13-15H,2-12H2,1H3,(H2,19,20,21);1H. The lowest BCUT2D eigenvalue weighted by Crippen LogP contribution is -2.49. The van der Waals surface area contributed by atoms with E-state index in [1.54, 1.807) is 0 Å². The first-order valence-corrected chi connectivity index (χ1v) is 8.72. The maximum absolute atomic E-state index is 12.4. The van der Waals surface area contributed by atoms with Crippen LogP contribution in [0.5, 0.6) is 0 Å². The molecule has 1 saturated heterocycles. The van der Waals surface area contributed by atoms with Gasteiger partial charge in [-0.2, -0.15) is 0 Å². The molecule has 0 aromatic carbocycles. The summed E-state index contributed by atoms with van der Waals surface area (Å²) in [4.78, 5) is 6.49. The Bertz CT molecular complexity index is 343. The van der Waals surface area contributed by atoms with Crippen molar-refractivity contribution in [3.63, 3.8) is 0 Å². The third kappa shape index (κ3) is 9.02. The van der Waals surface area contributed by atoms with Crippen molar-refractivity contribution in [1.82, 2.24) is 15.5 Å². The van der Waals surface area contributed by atoms with E-state index in [9.17, 15) is 8.78 Å². The summed E-state index contributed by atoms with van der Waals surface area (Å²) in [5.41, 5.74) is 0. The van der Waals surface area contributed by atoms with E-state index in [1.165, 1.54) is 19.3 Å². The molecule has 0 atom stereocenters. The van der Waals surface area contributed by atoms with Crippen LogP contribution in [0.3, 0.4) is 0 Å². The minimum Gasteiger partial charge on any atom is -0.357 e. The van der Waals surface area contributed by atoms with E-state index in [-0.39, 0.29) is 30.5 Å². The molecule has 1 saturated carbocycles. The average molecular weight is 444 g/mol. The van der Waals surface area contributed by atoms with Crippen LogP contribution in [-0.2, 0) is 0 Å².